The predicted molar refractivity (Wildman–Crippen MR) is 137 cm³/mol. The number of hydrogen-bond acceptors (Lipinski definition) is 7. The Labute approximate surface area is 199 Å². The second-order valence-corrected chi connectivity index (χ2v) is 10.2. The van der Waals surface area contributed by atoms with Gasteiger partial charge in [0.05, 0.1) is 36.4 Å². The number of nitrogens with zero attached hydrogens (tertiary/aromatic N) is 3. The Morgan fingerprint density at radius 2 is 1.97 bits per heavy atom. The van der Waals surface area contributed by atoms with E-state index in [1.807, 2.05) is 12.1 Å². The monoisotopic (exact) mass is 467 g/mol. The third kappa shape index (κ3) is 4.46. The van der Waals surface area contributed by atoms with Crippen molar-refractivity contribution in [1.82, 2.24) is 20.3 Å². The summed E-state index contributed by atoms with van der Waals surface area (Å²) in [7, 11) is 0. The summed E-state index contributed by atoms with van der Waals surface area (Å²) in [4.78, 5) is 14.8. The molecule has 6 rings (SSSR count). The van der Waals surface area contributed by atoms with E-state index in [1.54, 1.807) is 29.0 Å². The van der Waals surface area contributed by atoms with Gasteiger partial charge in [-0.25, -0.2) is 15.0 Å². The number of fused-ring (bicyclic) bond motifs is 2. The molecule has 0 bridgehead atoms. The van der Waals surface area contributed by atoms with Crippen LogP contribution in [0.3, 0.4) is 0 Å². The Kier molecular flexibility index (Phi) is 5.48. The summed E-state index contributed by atoms with van der Waals surface area (Å²) < 4.78 is 2.21. The molecule has 2 aromatic carbocycles. The number of anilines is 2. The molecule has 7 heteroatoms. The van der Waals surface area contributed by atoms with Gasteiger partial charge in [-0.1, -0.05) is 42.2 Å². The summed E-state index contributed by atoms with van der Waals surface area (Å²) in [6, 6.07) is 19.1. The van der Waals surface area contributed by atoms with Crippen molar-refractivity contribution in [2.45, 2.75) is 25.3 Å². The van der Waals surface area contributed by atoms with Crippen molar-refractivity contribution >= 4 is 54.6 Å². The summed E-state index contributed by atoms with van der Waals surface area (Å²) >= 11 is 3.38. The van der Waals surface area contributed by atoms with Gasteiger partial charge >= 0.3 is 0 Å². The highest BCUT2D eigenvalue weighted by atomic mass is 32.1. The summed E-state index contributed by atoms with van der Waals surface area (Å²) in [5.41, 5.74) is 4.16. The maximum absolute atomic E-state index is 4.86. The molecule has 5 nitrogen and oxygen atoms in total. The second kappa shape index (κ2) is 8.91. The van der Waals surface area contributed by atoms with E-state index < -0.39 is 0 Å². The van der Waals surface area contributed by atoms with Gasteiger partial charge in [-0.15, -0.1) is 22.7 Å². The molecule has 1 aliphatic heterocycles. The van der Waals surface area contributed by atoms with Gasteiger partial charge < -0.3 is 10.6 Å². The molecular weight excluding hydrogens is 446 g/mol. The minimum atomic E-state index is 0.301. The molecule has 2 N–H and O–H groups in total. The first-order valence-electron chi connectivity index (χ1n) is 11.0. The Morgan fingerprint density at radius 1 is 1.03 bits per heavy atom. The van der Waals surface area contributed by atoms with Crippen LogP contribution in [0.15, 0.2) is 60.9 Å². The van der Waals surface area contributed by atoms with E-state index in [9.17, 15) is 0 Å². The Bertz CT molecular complexity index is 1490. The highest BCUT2D eigenvalue weighted by Gasteiger charge is 2.12. The zero-order valence-electron chi connectivity index (χ0n) is 17.8. The lowest BCUT2D eigenvalue weighted by Gasteiger charge is -2.05. The van der Waals surface area contributed by atoms with Crippen molar-refractivity contribution in [3.05, 3.63) is 76.4 Å². The van der Waals surface area contributed by atoms with Crippen LogP contribution in [-0.4, -0.2) is 27.5 Å². The fraction of sp³-hybridized carbons (Fsp3) is 0.192. The molecule has 1 aliphatic rings. The number of benzene rings is 2. The van der Waals surface area contributed by atoms with Crippen molar-refractivity contribution < 1.29 is 0 Å². The van der Waals surface area contributed by atoms with Crippen LogP contribution in [0.25, 0.3) is 20.4 Å². The smallest absolute Gasteiger partial charge is 0.151 e. The van der Waals surface area contributed by atoms with Crippen LogP contribution in [0.4, 0.5) is 11.5 Å². The molecule has 0 saturated carbocycles. The van der Waals surface area contributed by atoms with Crippen molar-refractivity contribution in [1.29, 1.82) is 0 Å². The first kappa shape index (κ1) is 20.3. The van der Waals surface area contributed by atoms with Crippen LogP contribution < -0.4 is 10.6 Å². The van der Waals surface area contributed by atoms with E-state index in [1.165, 1.54) is 16.7 Å². The predicted octanol–water partition coefficient (Wildman–Crippen LogP) is 5.74. The van der Waals surface area contributed by atoms with E-state index in [-0.39, 0.29) is 0 Å². The zero-order chi connectivity index (χ0) is 22.0. The Balaban J connectivity index is 1.25. The first-order valence-corrected chi connectivity index (χ1v) is 12.6. The number of aromatic nitrogens is 3. The van der Waals surface area contributed by atoms with Crippen molar-refractivity contribution in [3.63, 3.8) is 0 Å². The van der Waals surface area contributed by atoms with E-state index in [0.717, 1.165) is 56.5 Å². The van der Waals surface area contributed by atoms with Gasteiger partial charge in [0.15, 0.2) is 5.82 Å². The minimum Gasteiger partial charge on any atom is -0.339 e. The van der Waals surface area contributed by atoms with Gasteiger partial charge in [-0.05, 0) is 49.2 Å². The lowest BCUT2D eigenvalue weighted by molar-refractivity contribution is 0.749. The van der Waals surface area contributed by atoms with Crippen LogP contribution in [0, 0.1) is 11.8 Å². The molecule has 0 radical (unpaired) electrons. The normalized spacial score (nSPS) is 15.6. The maximum atomic E-state index is 4.86. The van der Waals surface area contributed by atoms with Crippen LogP contribution >= 0.6 is 22.7 Å². The SMILES string of the molecule is C(#C[C@H]1CCCN1)c1cc2ncnc(Nc3ccc4sc(Cc5ccccc5)nc4c3)c2s1. The number of thiophene rings is 1. The molecule has 0 amide bonds. The molecule has 1 atom stereocenters. The number of hydrogen-bond donors (Lipinski definition) is 2. The summed E-state index contributed by atoms with van der Waals surface area (Å²) in [5.74, 6) is 7.46. The fourth-order valence-electron chi connectivity index (χ4n) is 4.01. The second-order valence-electron chi connectivity index (χ2n) is 8.04. The summed E-state index contributed by atoms with van der Waals surface area (Å²) in [5, 5.41) is 8.01. The highest BCUT2D eigenvalue weighted by Crippen LogP contribution is 2.32. The van der Waals surface area contributed by atoms with E-state index in [2.05, 4.69) is 74.9 Å². The molecular formula is C26H21N5S2. The van der Waals surface area contributed by atoms with Crippen LogP contribution in [0.5, 0.6) is 0 Å². The van der Waals surface area contributed by atoms with Gasteiger partial charge in [0, 0.05) is 12.1 Å². The Morgan fingerprint density at radius 3 is 2.85 bits per heavy atom. The fourth-order valence-corrected chi connectivity index (χ4v) is 5.91. The lowest BCUT2D eigenvalue weighted by atomic mass is 10.2. The van der Waals surface area contributed by atoms with Crippen molar-refractivity contribution in [2.75, 3.05) is 11.9 Å². The van der Waals surface area contributed by atoms with Crippen LogP contribution in [0.2, 0.25) is 0 Å². The molecule has 0 spiro atoms. The van der Waals surface area contributed by atoms with Gasteiger partial charge in [0.25, 0.3) is 0 Å². The molecule has 1 fully saturated rings. The number of rotatable bonds is 4. The molecule has 3 aromatic heterocycles. The first-order chi connectivity index (χ1) is 16.3. The Hall–Kier alpha value is -3.31. The summed E-state index contributed by atoms with van der Waals surface area (Å²) in [6.45, 7) is 1.06. The third-order valence-corrected chi connectivity index (χ3v) is 7.72. The van der Waals surface area contributed by atoms with Crippen molar-refractivity contribution in [3.8, 4) is 11.8 Å². The third-order valence-electron chi connectivity index (χ3n) is 5.63. The van der Waals surface area contributed by atoms with E-state index in [4.69, 9.17) is 4.98 Å². The summed E-state index contributed by atoms with van der Waals surface area (Å²) in [6.07, 6.45) is 4.77. The van der Waals surface area contributed by atoms with E-state index in [0.29, 0.717) is 6.04 Å². The van der Waals surface area contributed by atoms with E-state index >= 15 is 0 Å². The molecule has 5 aromatic rings. The van der Waals surface area contributed by atoms with Crippen LogP contribution in [0.1, 0.15) is 28.3 Å². The van der Waals surface area contributed by atoms with Gasteiger partial charge in [0.2, 0.25) is 0 Å². The van der Waals surface area contributed by atoms with Crippen LogP contribution in [-0.2, 0) is 6.42 Å². The molecule has 0 unspecified atom stereocenters. The van der Waals surface area contributed by atoms with Crippen molar-refractivity contribution in [2.24, 2.45) is 0 Å². The largest absolute Gasteiger partial charge is 0.339 e. The molecule has 162 valence electrons. The van der Waals surface area contributed by atoms with Gasteiger partial charge in [0.1, 0.15) is 6.33 Å². The standard InChI is InChI=1S/C26H21N5S2/c1-2-5-17(6-3-1)13-24-31-21-14-19(9-11-23(21)33-24)30-26-25-22(28-16-29-26)15-20(32-25)10-8-18-7-4-12-27-18/h1-3,5-6,9,11,14-16,18,27H,4,7,12-13H2,(H,28,29,30)/t18-/m1/s1. The topological polar surface area (TPSA) is 62.7 Å². The number of thiazole rings is 1. The molecule has 1 saturated heterocycles. The molecule has 4 heterocycles. The zero-order valence-corrected chi connectivity index (χ0v) is 19.5. The lowest BCUT2D eigenvalue weighted by Crippen LogP contribution is -2.18. The number of nitrogens with one attached hydrogen (secondary N) is 2. The van der Waals surface area contributed by atoms with Gasteiger partial charge in [-0.2, -0.15) is 0 Å². The minimum absolute atomic E-state index is 0.301. The highest BCUT2D eigenvalue weighted by molar-refractivity contribution is 7.20. The molecule has 33 heavy (non-hydrogen) atoms. The van der Waals surface area contributed by atoms with Gasteiger partial charge in [-0.3, -0.25) is 0 Å². The average Bonchev–Trinajstić information content (AvgIpc) is 3.58. The quantitative estimate of drug-likeness (QED) is 0.330. The maximum Gasteiger partial charge on any atom is 0.151 e. The molecule has 0 aliphatic carbocycles. The average molecular weight is 468 g/mol.